The van der Waals surface area contributed by atoms with Gasteiger partial charge in [0.05, 0.1) is 10.4 Å². The van der Waals surface area contributed by atoms with Crippen LogP contribution < -0.4 is 5.32 Å². The van der Waals surface area contributed by atoms with Crippen molar-refractivity contribution in [2.75, 3.05) is 5.32 Å². The Morgan fingerprint density at radius 2 is 1.95 bits per heavy atom. The molecule has 0 radical (unpaired) electrons. The van der Waals surface area contributed by atoms with Gasteiger partial charge < -0.3 is 5.32 Å². The minimum atomic E-state index is -0.394. The Balaban J connectivity index is 2.59. The number of anilines is 1. The molecule has 0 aliphatic carbocycles. The molecule has 1 aromatic heterocycles. The molecule has 0 aliphatic rings. The fourth-order valence-corrected chi connectivity index (χ4v) is 1.82. The van der Waals surface area contributed by atoms with Gasteiger partial charge >= 0.3 is 5.69 Å². The average molecular weight is 259 g/mol. The first-order chi connectivity index (χ1) is 9.00. The summed E-state index contributed by atoms with van der Waals surface area (Å²) < 4.78 is 0. The summed E-state index contributed by atoms with van der Waals surface area (Å²) in [5.74, 6) is 0.381. The van der Waals surface area contributed by atoms with Crippen LogP contribution in [0.3, 0.4) is 0 Å². The lowest BCUT2D eigenvalue weighted by atomic mass is 10.1. The average Bonchev–Trinajstić information content (AvgIpc) is 2.38. The number of hydrogen-bond acceptors (Lipinski definition) is 4. The van der Waals surface area contributed by atoms with Gasteiger partial charge in [-0.15, -0.1) is 0 Å². The lowest BCUT2D eigenvalue weighted by Gasteiger charge is -2.19. The van der Waals surface area contributed by atoms with Gasteiger partial charge in [-0.05, 0) is 18.9 Å². The van der Waals surface area contributed by atoms with Gasteiger partial charge in [0.2, 0.25) is 0 Å². The maximum Gasteiger partial charge on any atom is 0.311 e. The highest BCUT2D eigenvalue weighted by Gasteiger charge is 2.20. The molecule has 0 amide bonds. The normalized spacial score (nSPS) is 12.6. The lowest BCUT2D eigenvalue weighted by Crippen LogP contribution is -2.22. The number of nitrogens with zero attached hydrogens (tertiary/aromatic N) is 2. The van der Waals surface area contributed by atoms with Crippen LogP contribution in [-0.4, -0.2) is 15.9 Å². The van der Waals surface area contributed by atoms with E-state index in [2.05, 4.69) is 24.1 Å². The SMILES string of the molecule is CC(C)[C@@H](C)Nc1c([N+](=O)[O-])cnc2ccccc12. The Bertz CT molecular complexity index is 611. The molecule has 5 heteroatoms. The fraction of sp³-hybridized carbons (Fsp3) is 0.357. The zero-order chi connectivity index (χ0) is 14.0. The van der Waals surface area contributed by atoms with Crippen LogP contribution in [0.15, 0.2) is 30.5 Å². The third kappa shape index (κ3) is 2.65. The van der Waals surface area contributed by atoms with Crippen molar-refractivity contribution < 1.29 is 4.92 Å². The highest BCUT2D eigenvalue weighted by molar-refractivity contribution is 5.95. The second kappa shape index (κ2) is 5.22. The summed E-state index contributed by atoms with van der Waals surface area (Å²) in [5.41, 5.74) is 1.33. The number of nitro groups is 1. The predicted molar refractivity (Wildman–Crippen MR) is 76.3 cm³/mol. The Morgan fingerprint density at radius 3 is 2.58 bits per heavy atom. The van der Waals surface area contributed by atoms with E-state index in [9.17, 15) is 10.1 Å². The molecule has 0 fully saturated rings. The summed E-state index contributed by atoms with van der Waals surface area (Å²) in [6, 6.07) is 7.58. The Hall–Kier alpha value is -2.17. The van der Waals surface area contributed by atoms with Crippen LogP contribution in [0.4, 0.5) is 11.4 Å². The second-order valence-electron chi connectivity index (χ2n) is 4.97. The standard InChI is InChI=1S/C14H17N3O2/c1-9(2)10(3)16-14-11-6-4-5-7-12(11)15-8-13(14)17(18)19/h4-10H,1-3H3,(H,15,16)/t10-/m1/s1. The van der Waals surface area contributed by atoms with Crippen molar-refractivity contribution >= 4 is 22.3 Å². The minimum absolute atomic E-state index is 0.0196. The fourth-order valence-electron chi connectivity index (χ4n) is 1.82. The predicted octanol–water partition coefficient (Wildman–Crippen LogP) is 3.60. The summed E-state index contributed by atoms with van der Waals surface area (Å²) in [7, 11) is 0. The van der Waals surface area contributed by atoms with Gasteiger partial charge in [0.25, 0.3) is 0 Å². The van der Waals surface area contributed by atoms with Crippen LogP contribution in [0.1, 0.15) is 20.8 Å². The zero-order valence-corrected chi connectivity index (χ0v) is 11.3. The third-order valence-electron chi connectivity index (χ3n) is 3.32. The number of benzene rings is 1. The Labute approximate surface area is 111 Å². The van der Waals surface area contributed by atoms with E-state index in [1.54, 1.807) is 0 Å². The van der Waals surface area contributed by atoms with Crippen molar-refractivity contribution in [2.45, 2.75) is 26.8 Å². The molecule has 1 atom stereocenters. The molecule has 100 valence electrons. The number of rotatable bonds is 4. The van der Waals surface area contributed by atoms with E-state index in [0.29, 0.717) is 11.6 Å². The summed E-state index contributed by atoms with van der Waals surface area (Å²) in [6.07, 6.45) is 1.32. The van der Waals surface area contributed by atoms with Gasteiger partial charge in [-0.25, -0.2) is 4.98 Å². The van der Waals surface area contributed by atoms with E-state index < -0.39 is 4.92 Å². The van der Waals surface area contributed by atoms with Gasteiger partial charge in [-0.1, -0.05) is 32.0 Å². The molecular formula is C14H17N3O2. The summed E-state index contributed by atoms with van der Waals surface area (Å²) in [5, 5.41) is 15.2. The topological polar surface area (TPSA) is 68.1 Å². The van der Waals surface area contributed by atoms with Crippen molar-refractivity contribution in [2.24, 2.45) is 5.92 Å². The first kappa shape index (κ1) is 13.3. The van der Waals surface area contributed by atoms with E-state index in [1.807, 2.05) is 31.2 Å². The number of pyridine rings is 1. The van der Waals surface area contributed by atoms with Gasteiger partial charge in [0, 0.05) is 11.4 Å². The largest absolute Gasteiger partial charge is 0.376 e. The molecule has 5 nitrogen and oxygen atoms in total. The van der Waals surface area contributed by atoms with E-state index >= 15 is 0 Å². The molecule has 0 spiro atoms. The highest BCUT2D eigenvalue weighted by atomic mass is 16.6. The molecular weight excluding hydrogens is 242 g/mol. The van der Waals surface area contributed by atoms with Crippen molar-refractivity contribution in [3.8, 4) is 0 Å². The lowest BCUT2D eigenvalue weighted by molar-refractivity contribution is -0.384. The smallest absolute Gasteiger partial charge is 0.311 e. The van der Waals surface area contributed by atoms with Crippen molar-refractivity contribution in [3.05, 3.63) is 40.6 Å². The monoisotopic (exact) mass is 259 g/mol. The molecule has 0 unspecified atom stereocenters. The maximum absolute atomic E-state index is 11.1. The summed E-state index contributed by atoms with van der Waals surface area (Å²) >= 11 is 0. The number of fused-ring (bicyclic) bond motifs is 1. The molecule has 1 heterocycles. The van der Waals surface area contributed by atoms with Crippen LogP contribution in [0.2, 0.25) is 0 Å². The molecule has 0 saturated heterocycles. The van der Waals surface area contributed by atoms with Gasteiger partial charge in [-0.3, -0.25) is 10.1 Å². The Morgan fingerprint density at radius 1 is 1.26 bits per heavy atom. The Kier molecular flexibility index (Phi) is 3.64. The summed E-state index contributed by atoms with van der Waals surface area (Å²) in [6.45, 7) is 6.17. The molecule has 0 saturated carbocycles. The number of para-hydroxylation sites is 1. The van der Waals surface area contributed by atoms with Gasteiger partial charge in [0.1, 0.15) is 11.9 Å². The highest BCUT2D eigenvalue weighted by Crippen LogP contribution is 2.32. The van der Waals surface area contributed by atoms with Crippen LogP contribution in [-0.2, 0) is 0 Å². The molecule has 0 bridgehead atoms. The maximum atomic E-state index is 11.1. The molecule has 2 rings (SSSR count). The second-order valence-corrected chi connectivity index (χ2v) is 4.97. The molecule has 19 heavy (non-hydrogen) atoms. The molecule has 2 aromatic rings. The molecule has 1 N–H and O–H groups in total. The van der Waals surface area contributed by atoms with Crippen LogP contribution in [0.5, 0.6) is 0 Å². The van der Waals surface area contributed by atoms with Crippen molar-refractivity contribution in [1.82, 2.24) is 4.98 Å². The van der Waals surface area contributed by atoms with Crippen molar-refractivity contribution in [1.29, 1.82) is 0 Å². The van der Waals surface area contributed by atoms with E-state index in [4.69, 9.17) is 0 Å². The van der Waals surface area contributed by atoms with Crippen LogP contribution in [0.25, 0.3) is 10.9 Å². The number of nitrogens with one attached hydrogen (secondary N) is 1. The van der Waals surface area contributed by atoms with Gasteiger partial charge in [-0.2, -0.15) is 0 Å². The first-order valence-electron chi connectivity index (χ1n) is 6.29. The summed E-state index contributed by atoms with van der Waals surface area (Å²) in [4.78, 5) is 14.9. The molecule has 1 aromatic carbocycles. The van der Waals surface area contributed by atoms with E-state index in [-0.39, 0.29) is 11.7 Å². The first-order valence-corrected chi connectivity index (χ1v) is 6.29. The van der Waals surface area contributed by atoms with Crippen LogP contribution >= 0.6 is 0 Å². The third-order valence-corrected chi connectivity index (χ3v) is 3.32. The zero-order valence-electron chi connectivity index (χ0n) is 11.3. The van der Waals surface area contributed by atoms with Gasteiger partial charge in [0.15, 0.2) is 0 Å². The van der Waals surface area contributed by atoms with E-state index in [0.717, 1.165) is 10.9 Å². The van der Waals surface area contributed by atoms with Crippen LogP contribution in [0, 0.1) is 16.0 Å². The number of hydrogen-bond donors (Lipinski definition) is 1. The number of aromatic nitrogens is 1. The van der Waals surface area contributed by atoms with E-state index in [1.165, 1.54) is 6.20 Å². The minimum Gasteiger partial charge on any atom is -0.376 e. The van der Waals surface area contributed by atoms with Crippen molar-refractivity contribution in [3.63, 3.8) is 0 Å². The molecule has 0 aliphatic heterocycles. The quantitative estimate of drug-likeness (QED) is 0.672.